The second-order valence-electron chi connectivity index (χ2n) is 8.08. The minimum absolute atomic E-state index is 0.0178. The zero-order valence-corrected chi connectivity index (χ0v) is 19.4. The summed E-state index contributed by atoms with van der Waals surface area (Å²) < 4.78 is 23.7. The molecule has 8 nitrogen and oxygen atoms in total. The number of methoxy groups -OCH3 is 1. The minimum Gasteiger partial charge on any atom is -0.484 e. The fourth-order valence-corrected chi connectivity index (χ4v) is 3.90. The van der Waals surface area contributed by atoms with Crippen LogP contribution in [0.25, 0.3) is 0 Å². The standard InChI is InChI=1S/C27H23FN2O6/c1-35-27(34)19-9-13-21(14-10-19)30-24(31)15-23(26(30)33)29(16-18-7-11-20(28)12-8-18)25(32)17-36-22-5-3-2-4-6-22/h2-14,23H,15-17H2,1H3. The predicted molar refractivity (Wildman–Crippen MR) is 128 cm³/mol. The highest BCUT2D eigenvalue weighted by atomic mass is 19.1. The Labute approximate surface area is 206 Å². The molecule has 0 bridgehead atoms. The van der Waals surface area contributed by atoms with E-state index in [2.05, 4.69) is 4.74 Å². The van der Waals surface area contributed by atoms with Crippen molar-refractivity contribution in [3.8, 4) is 5.75 Å². The summed E-state index contributed by atoms with van der Waals surface area (Å²) in [6.45, 7) is -0.368. The molecular weight excluding hydrogens is 467 g/mol. The number of benzene rings is 3. The fraction of sp³-hybridized carbons (Fsp3) is 0.185. The number of hydrogen-bond acceptors (Lipinski definition) is 6. The van der Waals surface area contributed by atoms with Gasteiger partial charge in [0.05, 0.1) is 24.8 Å². The van der Waals surface area contributed by atoms with Crippen LogP contribution in [0.1, 0.15) is 22.3 Å². The predicted octanol–water partition coefficient (Wildman–Crippen LogP) is 3.35. The molecule has 1 fully saturated rings. The highest BCUT2D eigenvalue weighted by Gasteiger charge is 2.44. The van der Waals surface area contributed by atoms with Gasteiger partial charge in [0.1, 0.15) is 17.6 Å². The van der Waals surface area contributed by atoms with Crippen LogP contribution in [0.5, 0.6) is 5.75 Å². The van der Waals surface area contributed by atoms with E-state index in [-0.39, 0.29) is 30.8 Å². The van der Waals surface area contributed by atoms with Crippen LogP contribution in [0.2, 0.25) is 0 Å². The van der Waals surface area contributed by atoms with Gasteiger partial charge >= 0.3 is 5.97 Å². The summed E-state index contributed by atoms with van der Waals surface area (Å²) in [6.07, 6.45) is -0.226. The second-order valence-corrected chi connectivity index (χ2v) is 8.08. The molecule has 4 rings (SSSR count). The van der Waals surface area contributed by atoms with Crippen LogP contribution in [0.15, 0.2) is 78.9 Å². The van der Waals surface area contributed by atoms with Gasteiger partial charge in [-0.15, -0.1) is 0 Å². The topological polar surface area (TPSA) is 93.2 Å². The largest absolute Gasteiger partial charge is 0.484 e. The number of carbonyl (C=O) groups excluding carboxylic acids is 4. The van der Waals surface area contributed by atoms with E-state index in [0.717, 1.165) is 4.90 Å². The molecule has 1 aliphatic heterocycles. The summed E-state index contributed by atoms with van der Waals surface area (Å²) in [4.78, 5) is 53.4. The Balaban J connectivity index is 1.57. The molecule has 36 heavy (non-hydrogen) atoms. The van der Waals surface area contributed by atoms with Crippen molar-refractivity contribution in [1.82, 2.24) is 4.90 Å². The molecule has 9 heteroatoms. The smallest absolute Gasteiger partial charge is 0.337 e. The zero-order chi connectivity index (χ0) is 25.7. The molecule has 1 aliphatic rings. The summed E-state index contributed by atoms with van der Waals surface area (Å²) in [7, 11) is 1.25. The van der Waals surface area contributed by atoms with Gasteiger partial charge in [-0.2, -0.15) is 0 Å². The summed E-state index contributed by atoms with van der Waals surface area (Å²) >= 11 is 0. The maximum Gasteiger partial charge on any atom is 0.337 e. The SMILES string of the molecule is COC(=O)c1ccc(N2C(=O)CC(N(Cc3ccc(F)cc3)C(=O)COc3ccccc3)C2=O)cc1. The maximum atomic E-state index is 13.4. The Morgan fingerprint density at radius 2 is 1.64 bits per heavy atom. The van der Waals surface area contributed by atoms with E-state index in [1.807, 2.05) is 6.07 Å². The first kappa shape index (κ1) is 24.6. The Bertz CT molecular complexity index is 1260. The molecule has 3 amide bonds. The average molecular weight is 490 g/mol. The summed E-state index contributed by atoms with van der Waals surface area (Å²) in [5.74, 6) is -2.07. The van der Waals surface area contributed by atoms with Gasteiger partial charge in [0, 0.05) is 6.54 Å². The van der Waals surface area contributed by atoms with Gasteiger partial charge < -0.3 is 14.4 Å². The normalized spacial score (nSPS) is 15.1. The molecule has 0 N–H and O–H groups in total. The highest BCUT2D eigenvalue weighted by molar-refractivity contribution is 6.23. The number of halogens is 1. The number of ether oxygens (including phenoxy) is 2. The monoisotopic (exact) mass is 490 g/mol. The van der Waals surface area contributed by atoms with Crippen LogP contribution in [0, 0.1) is 5.82 Å². The highest BCUT2D eigenvalue weighted by Crippen LogP contribution is 2.27. The average Bonchev–Trinajstić information content (AvgIpc) is 3.20. The zero-order valence-electron chi connectivity index (χ0n) is 19.4. The number of esters is 1. The quantitative estimate of drug-likeness (QED) is 0.355. The molecule has 1 heterocycles. The number of para-hydroxylation sites is 1. The first-order chi connectivity index (χ1) is 17.4. The molecular formula is C27H23FN2O6. The van der Waals surface area contributed by atoms with Crippen LogP contribution >= 0.6 is 0 Å². The van der Waals surface area contributed by atoms with Gasteiger partial charge in [0.15, 0.2) is 6.61 Å². The van der Waals surface area contributed by atoms with Crippen molar-refractivity contribution in [2.45, 2.75) is 19.0 Å². The lowest BCUT2D eigenvalue weighted by atomic mass is 10.1. The summed E-state index contributed by atoms with van der Waals surface area (Å²) in [5.41, 5.74) is 1.13. The van der Waals surface area contributed by atoms with Gasteiger partial charge in [-0.25, -0.2) is 14.1 Å². The molecule has 0 aromatic heterocycles. The first-order valence-corrected chi connectivity index (χ1v) is 11.1. The Morgan fingerprint density at radius 1 is 0.972 bits per heavy atom. The van der Waals surface area contributed by atoms with Gasteiger partial charge in [-0.3, -0.25) is 14.4 Å². The number of imide groups is 1. The van der Waals surface area contributed by atoms with E-state index in [0.29, 0.717) is 11.3 Å². The lowest BCUT2D eigenvalue weighted by Crippen LogP contribution is -2.46. The van der Waals surface area contributed by atoms with Crippen LogP contribution < -0.4 is 9.64 Å². The first-order valence-electron chi connectivity index (χ1n) is 11.1. The van der Waals surface area contributed by atoms with Crippen LogP contribution in [-0.2, 0) is 25.7 Å². The van der Waals surface area contributed by atoms with Gasteiger partial charge in [-0.1, -0.05) is 30.3 Å². The van der Waals surface area contributed by atoms with Crippen molar-refractivity contribution in [2.75, 3.05) is 18.6 Å². The van der Waals surface area contributed by atoms with Crippen LogP contribution in [0.4, 0.5) is 10.1 Å². The van der Waals surface area contributed by atoms with Gasteiger partial charge in [-0.05, 0) is 54.1 Å². The minimum atomic E-state index is -1.07. The lowest BCUT2D eigenvalue weighted by molar-refractivity contribution is -0.140. The van der Waals surface area contributed by atoms with Crippen molar-refractivity contribution in [2.24, 2.45) is 0 Å². The van der Waals surface area contributed by atoms with Crippen molar-refractivity contribution < 1.29 is 33.0 Å². The van der Waals surface area contributed by atoms with E-state index in [4.69, 9.17) is 4.74 Å². The molecule has 0 saturated carbocycles. The fourth-order valence-electron chi connectivity index (χ4n) is 3.90. The number of anilines is 1. The van der Waals surface area contributed by atoms with Crippen LogP contribution in [0.3, 0.4) is 0 Å². The number of hydrogen-bond donors (Lipinski definition) is 0. The molecule has 0 radical (unpaired) electrons. The molecule has 0 spiro atoms. The summed E-state index contributed by atoms with van der Waals surface area (Å²) in [5, 5.41) is 0. The number of rotatable bonds is 8. The molecule has 1 unspecified atom stereocenters. The third kappa shape index (κ3) is 5.41. The van der Waals surface area contributed by atoms with Crippen molar-refractivity contribution in [3.63, 3.8) is 0 Å². The summed E-state index contributed by atoms with van der Waals surface area (Å²) in [6, 6.07) is 19.0. The van der Waals surface area contributed by atoms with E-state index >= 15 is 0 Å². The van der Waals surface area contributed by atoms with Crippen molar-refractivity contribution in [3.05, 3.63) is 95.8 Å². The molecule has 184 valence electrons. The van der Waals surface area contributed by atoms with Gasteiger partial charge in [0.25, 0.3) is 11.8 Å². The molecule has 3 aromatic rings. The van der Waals surface area contributed by atoms with E-state index < -0.39 is 35.5 Å². The van der Waals surface area contributed by atoms with Crippen molar-refractivity contribution >= 4 is 29.4 Å². The molecule has 1 atom stereocenters. The van der Waals surface area contributed by atoms with Crippen molar-refractivity contribution in [1.29, 1.82) is 0 Å². The Morgan fingerprint density at radius 3 is 2.28 bits per heavy atom. The lowest BCUT2D eigenvalue weighted by Gasteiger charge is -2.28. The third-order valence-corrected chi connectivity index (χ3v) is 5.74. The molecule has 1 saturated heterocycles. The van der Waals surface area contributed by atoms with Gasteiger partial charge in [0.2, 0.25) is 5.91 Å². The molecule has 3 aromatic carbocycles. The third-order valence-electron chi connectivity index (χ3n) is 5.74. The van der Waals surface area contributed by atoms with E-state index in [9.17, 15) is 23.6 Å². The van der Waals surface area contributed by atoms with E-state index in [1.165, 1.54) is 60.5 Å². The number of amides is 3. The number of nitrogens with zero attached hydrogens (tertiary/aromatic N) is 2. The maximum absolute atomic E-state index is 13.4. The van der Waals surface area contributed by atoms with Crippen LogP contribution in [-0.4, -0.2) is 48.3 Å². The Hall–Kier alpha value is -4.53. The number of carbonyl (C=O) groups is 4. The Kier molecular flexibility index (Phi) is 7.39. The molecule has 0 aliphatic carbocycles. The van der Waals surface area contributed by atoms with E-state index in [1.54, 1.807) is 24.3 Å². The second kappa shape index (κ2) is 10.8.